The van der Waals surface area contributed by atoms with E-state index in [0.717, 1.165) is 17.7 Å². The van der Waals surface area contributed by atoms with Crippen molar-refractivity contribution in [2.75, 3.05) is 17.6 Å². The van der Waals surface area contributed by atoms with Gasteiger partial charge in [0.1, 0.15) is 6.04 Å². The number of nitrogens with one attached hydrogen (secondary N) is 1. The lowest BCUT2D eigenvalue weighted by Crippen LogP contribution is -2.43. The van der Waals surface area contributed by atoms with Crippen LogP contribution in [0.1, 0.15) is 23.2 Å². The molecule has 0 aliphatic carbocycles. The maximum atomic E-state index is 12.8. The van der Waals surface area contributed by atoms with Crippen molar-refractivity contribution in [1.29, 1.82) is 0 Å². The summed E-state index contributed by atoms with van der Waals surface area (Å²) in [5, 5.41) is 5.35. The van der Waals surface area contributed by atoms with Crippen molar-refractivity contribution in [2.45, 2.75) is 18.9 Å². The minimum Gasteiger partial charge on any atom is -0.375 e. The number of aromatic nitrogens is 1. The van der Waals surface area contributed by atoms with Gasteiger partial charge in [-0.05, 0) is 37.1 Å². The molecule has 1 aromatic heterocycles. The van der Waals surface area contributed by atoms with Crippen molar-refractivity contribution in [3.8, 4) is 11.3 Å². The van der Waals surface area contributed by atoms with Crippen molar-refractivity contribution in [3.05, 3.63) is 65.5 Å². The number of hydrogen-bond donors (Lipinski definition) is 2. The summed E-state index contributed by atoms with van der Waals surface area (Å²) in [5.74, 6) is -0.262. The number of thiazole rings is 1. The highest BCUT2D eigenvalue weighted by Crippen LogP contribution is 2.25. The topological polar surface area (TPSA) is 88.3 Å². The molecule has 28 heavy (non-hydrogen) atoms. The van der Waals surface area contributed by atoms with E-state index in [2.05, 4.69) is 10.3 Å². The first-order chi connectivity index (χ1) is 13.6. The second-order valence-electron chi connectivity index (χ2n) is 6.66. The molecule has 2 aromatic carbocycles. The van der Waals surface area contributed by atoms with Crippen LogP contribution < -0.4 is 11.1 Å². The number of rotatable bonds is 4. The lowest BCUT2D eigenvalue weighted by molar-refractivity contribution is -0.119. The van der Waals surface area contributed by atoms with Crippen LogP contribution in [0.25, 0.3) is 11.3 Å². The van der Waals surface area contributed by atoms with Crippen molar-refractivity contribution in [2.24, 2.45) is 0 Å². The zero-order chi connectivity index (χ0) is 19.5. The van der Waals surface area contributed by atoms with E-state index < -0.39 is 6.04 Å². The fourth-order valence-corrected chi connectivity index (χ4v) is 3.97. The van der Waals surface area contributed by atoms with Crippen LogP contribution in [-0.4, -0.2) is 34.3 Å². The third-order valence-electron chi connectivity index (χ3n) is 4.81. The summed E-state index contributed by atoms with van der Waals surface area (Å²) >= 11 is 1.39. The van der Waals surface area contributed by atoms with Crippen LogP contribution in [0.4, 0.5) is 10.8 Å². The Morgan fingerprint density at radius 2 is 1.86 bits per heavy atom. The number of carbonyl (C=O) groups excluding carboxylic acids is 2. The standard InChI is InChI=1S/C21H20N4O2S/c22-21-24-17(13-28-21)14-8-10-16(11-9-14)23-19(26)18-7-4-12-25(18)20(27)15-5-2-1-3-6-15/h1-3,5-6,8-11,13,18H,4,7,12H2,(H2,22,24)(H,23,26)/t18-/m0/s1. The second kappa shape index (κ2) is 7.82. The van der Waals surface area contributed by atoms with Gasteiger partial charge in [0.15, 0.2) is 5.13 Å². The summed E-state index contributed by atoms with van der Waals surface area (Å²) in [6.07, 6.45) is 1.49. The van der Waals surface area contributed by atoms with Gasteiger partial charge in [0.05, 0.1) is 5.69 Å². The summed E-state index contributed by atoms with van der Waals surface area (Å²) in [6, 6.07) is 16.1. The van der Waals surface area contributed by atoms with Crippen LogP contribution in [0.2, 0.25) is 0 Å². The SMILES string of the molecule is Nc1nc(-c2ccc(NC(=O)[C@@H]3CCCN3C(=O)c3ccccc3)cc2)cs1. The van der Waals surface area contributed by atoms with E-state index in [9.17, 15) is 9.59 Å². The summed E-state index contributed by atoms with van der Waals surface area (Å²) in [7, 11) is 0. The fraction of sp³-hybridized carbons (Fsp3) is 0.190. The summed E-state index contributed by atoms with van der Waals surface area (Å²) < 4.78 is 0. The Morgan fingerprint density at radius 3 is 2.54 bits per heavy atom. The van der Waals surface area contributed by atoms with Crippen LogP contribution in [0.5, 0.6) is 0 Å². The van der Waals surface area contributed by atoms with Gasteiger partial charge < -0.3 is 16.0 Å². The predicted octanol–water partition coefficient (Wildman–Crippen LogP) is 3.64. The Hall–Kier alpha value is -3.19. The molecule has 1 fully saturated rings. The van der Waals surface area contributed by atoms with Gasteiger partial charge in [0, 0.05) is 28.7 Å². The molecule has 2 amide bonds. The van der Waals surface area contributed by atoms with E-state index in [4.69, 9.17) is 5.73 Å². The molecule has 3 N–H and O–H groups in total. The van der Waals surface area contributed by atoms with Crippen LogP contribution in [0.15, 0.2) is 60.0 Å². The first-order valence-corrected chi connectivity index (χ1v) is 9.98. The van der Waals surface area contributed by atoms with Gasteiger partial charge in [-0.2, -0.15) is 0 Å². The third-order valence-corrected chi connectivity index (χ3v) is 5.48. The molecule has 6 nitrogen and oxygen atoms in total. The number of nitrogens with zero attached hydrogens (tertiary/aromatic N) is 2. The Bertz CT molecular complexity index is 985. The summed E-state index contributed by atoms with van der Waals surface area (Å²) in [4.78, 5) is 31.5. The highest BCUT2D eigenvalue weighted by Gasteiger charge is 2.34. The largest absolute Gasteiger partial charge is 0.375 e. The van der Waals surface area contributed by atoms with E-state index in [1.807, 2.05) is 47.8 Å². The first kappa shape index (κ1) is 18.2. The van der Waals surface area contributed by atoms with Gasteiger partial charge in [0.2, 0.25) is 5.91 Å². The van der Waals surface area contributed by atoms with Gasteiger partial charge in [0.25, 0.3) is 5.91 Å². The smallest absolute Gasteiger partial charge is 0.254 e. The molecule has 1 atom stereocenters. The molecule has 7 heteroatoms. The van der Waals surface area contributed by atoms with Crippen LogP contribution >= 0.6 is 11.3 Å². The van der Waals surface area contributed by atoms with Crippen LogP contribution in [-0.2, 0) is 4.79 Å². The van der Waals surface area contributed by atoms with Crippen molar-refractivity contribution in [3.63, 3.8) is 0 Å². The number of amides is 2. The molecule has 1 saturated heterocycles. The van der Waals surface area contributed by atoms with Gasteiger partial charge in [-0.1, -0.05) is 30.3 Å². The number of anilines is 2. The molecule has 0 radical (unpaired) electrons. The highest BCUT2D eigenvalue weighted by molar-refractivity contribution is 7.13. The Balaban J connectivity index is 1.44. The maximum Gasteiger partial charge on any atom is 0.254 e. The first-order valence-electron chi connectivity index (χ1n) is 9.10. The van der Waals surface area contributed by atoms with E-state index in [0.29, 0.717) is 29.3 Å². The average Bonchev–Trinajstić information content (AvgIpc) is 3.38. The zero-order valence-corrected chi connectivity index (χ0v) is 16.0. The lowest BCUT2D eigenvalue weighted by atomic mass is 10.1. The fourth-order valence-electron chi connectivity index (χ4n) is 3.40. The molecule has 2 heterocycles. The number of benzene rings is 2. The molecular formula is C21H20N4O2S. The number of hydrogen-bond acceptors (Lipinski definition) is 5. The molecule has 0 spiro atoms. The molecule has 0 unspecified atom stereocenters. The molecule has 3 aromatic rings. The number of nitrogens with two attached hydrogens (primary N) is 1. The van der Waals surface area contributed by atoms with Crippen LogP contribution in [0, 0.1) is 0 Å². The van der Waals surface area contributed by atoms with E-state index in [1.54, 1.807) is 17.0 Å². The van der Waals surface area contributed by atoms with Gasteiger partial charge >= 0.3 is 0 Å². The molecular weight excluding hydrogens is 372 g/mol. The number of nitrogen functional groups attached to an aromatic ring is 1. The molecule has 1 aliphatic rings. The molecule has 4 rings (SSSR count). The Labute approximate surface area is 167 Å². The predicted molar refractivity (Wildman–Crippen MR) is 111 cm³/mol. The van der Waals surface area contributed by atoms with Gasteiger partial charge in [-0.25, -0.2) is 4.98 Å². The van der Waals surface area contributed by atoms with E-state index >= 15 is 0 Å². The second-order valence-corrected chi connectivity index (χ2v) is 7.55. The van der Waals surface area contributed by atoms with E-state index in [1.165, 1.54) is 11.3 Å². The van der Waals surface area contributed by atoms with Crippen molar-refractivity contribution < 1.29 is 9.59 Å². The normalized spacial score (nSPS) is 16.1. The Morgan fingerprint density at radius 1 is 1.11 bits per heavy atom. The van der Waals surface area contributed by atoms with Gasteiger partial charge in [-0.3, -0.25) is 9.59 Å². The minimum atomic E-state index is -0.453. The number of carbonyl (C=O) groups is 2. The average molecular weight is 392 g/mol. The van der Waals surface area contributed by atoms with Crippen molar-refractivity contribution >= 4 is 34.0 Å². The number of likely N-dealkylation sites (tertiary alicyclic amines) is 1. The molecule has 1 aliphatic heterocycles. The zero-order valence-electron chi connectivity index (χ0n) is 15.2. The van der Waals surface area contributed by atoms with E-state index in [-0.39, 0.29) is 11.8 Å². The minimum absolute atomic E-state index is 0.102. The Kier molecular flexibility index (Phi) is 5.08. The summed E-state index contributed by atoms with van der Waals surface area (Å²) in [6.45, 7) is 0.593. The van der Waals surface area contributed by atoms with Crippen LogP contribution in [0.3, 0.4) is 0 Å². The third kappa shape index (κ3) is 3.75. The highest BCUT2D eigenvalue weighted by atomic mass is 32.1. The quantitative estimate of drug-likeness (QED) is 0.710. The van der Waals surface area contributed by atoms with Gasteiger partial charge in [-0.15, -0.1) is 11.3 Å². The lowest BCUT2D eigenvalue weighted by Gasteiger charge is -2.24. The monoisotopic (exact) mass is 392 g/mol. The molecule has 0 saturated carbocycles. The van der Waals surface area contributed by atoms with Crippen molar-refractivity contribution in [1.82, 2.24) is 9.88 Å². The molecule has 0 bridgehead atoms. The summed E-state index contributed by atoms with van der Waals surface area (Å²) in [5.41, 5.74) is 8.73. The molecule has 142 valence electrons. The maximum absolute atomic E-state index is 12.8.